The van der Waals surface area contributed by atoms with Gasteiger partial charge in [-0.2, -0.15) is 8.78 Å². The largest absolute Gasteiger partial charge is 0.434 e. The summed E-state index contributed by atoms with van der Waals surface area (Å²) in [5, 5.41) is 6.43. The summed E-state index contributed by atoms with van der Waals surface area (Å²) in [6.07, 6.45) is 2.10. The van der Waals surface area contributed by atoms with Gasteiger partial charge in [-0.25, -0.2) is 0 Å². The average molecular weight is 530 g/mol. The summed E-state index contributed by atoms with van der Waals surface area (Å²) in [5.74, 6) is 0.816. The second kappa shape index (κ2) is 12.7. The van der Waals surface area contributed by atoms with E-state index in [-0.39, 0.29) is 29.7 Å². The van der Waals surface area contributed by atoms with Gasteiger partial charge in [-0.3, -0.25) is 9.89 Å². The van der Waals surface area contributed by atoms with Crippen LogP contribution in [0.25, 0.3) is 0 Å². The SMILES string of the molecule is CN=C(NCCCN1CCc2ccccc2C1)NCc1ccccc1OC(F)F.I. The first kappa shape index (κ1) is 24.3. The van der Waals surface area contributed by atoms with Crippen LogP contribution >= 0.6 is 24.0 Å². The third kappa shape index (κ3) is 7.39. The predicted molar refractivity (Wildman–Crippen MR) is 127 cm³/mol. The first-order valence-corrected chi connectivity index (χ1v) is 9.92. The summed E-state index contributed by atoms with van der Waals surface area (Å²) < 4.78 is 29.6. The molecule has 0 radical (unpaired) electrons. The Hall–Kier alpha value is -1.94. The number of nitrogens with zero attached hydrogens (tertiary/aromatic N) is 2. The first-order chi connectivity index (χ1) is 14.2. The van der Waals surface area contributed by atoms with Crippen LogP contribution in [-0.2, 0) is 19.5 Å². The van der Waals surface area contributed by atoms with Gasteiger partial charge in [-0.15, -0.1) is 24.0 Å². The van der Waals surface area contributed by atoms with Crippen molar-refractivity contribution >= 4 is 29.9 Å². The maximum absolute atomic E-state index is 12.5. The van der Waals surface area contributed by atoms with Gasteiger partial charge in [0.25, 0.3) is 0 Å². The normalized spacial score (nSPS) is 14.1. The molecular formula is C22H29F2IN4O. The number of halogens is 3. The molecule has 8 heteroatoms. The van der Waals surface area contributed by atoms with Crippen molar-refractivity contribution in [2.45, 2.75) is 32.5 Å². The summed E-state index contributed by atoms with van der Waals surface area (Å²) in [6, 6.07) is 15.4. The molecule has 0 saturated heterocycles. The number of para-hydroxylation sites is 1. The van der Waals surface area contributed by atoms with Crippen molar-refractivity contribution in [2.75, 3.05) is 26.7 Å². The van der Waals surface area contributed by atoms with E-state index in [1.165, 1.54) is 17.2 Å². The minimum atomic E-state index is -2.84. The molecule has 1 heterocycles. The van der Waals surface area contributed by atoms with Crippen LogP contribution in [0.4, 0.5) is 8.78 Å². The summed E-state index contributed by atoms with van der Waals surface area (Å²) in [6.45, 7) is 1.41. The van der Waals surface area contributed by atoms with E-state index < -0.39 is 6.61 Å². The lowest BCUT2D eigenvalue weighted by Crippen LogP contribution is -2.39. The number of hydrogen-bond donors (Lipinski definition) is 2. The molecule has 0 atom stereocenters. The number of hydrogen-bond acceptors (Lipinski definition) is 3. The van der Waals surface area contributed by atoms with E-state index in [1.54, 1.807) is 25.2 Å². The maximum atomic E-state index is 12.5. The van der Waals surface area contributed by atoms with Gasteiger partial charge in [0, 0.05) is 45.3 Å². The summed E-state index contributed by atoms with van der Waals surface area (Å²) in [5.41, 5.74) is 3.54. The molecule has 0 saturated carbocycles. The van der Waals surface area contributed by atoms with E-state index in [2.05, 4.69) is 49.5 Å². The number of benzene rings is 2. The van der Waals surface area contributed by atoms with Crippen LogP contribution in [0.5, 0.6) is 5.75 Å². The topological polar surface area (TPSA) is 48.9 Å². The van der Waals surface area contributed by atoms with E-state index in [4.69, 9.17) is 0 Å². The lowest BCUT2D eigenvalue weighted by atomic mass is 10.00. The molecule has 2 aromatic carbocycles. The van der Waals surface area contributed by atoms with Gasteiger partial charge in [0.1, 0.15) is 5.75 Å². The van der Waals surface area contributed by atoms with Gasteiger partial charge in [0.2, 0.25) is 0 Å². The number of alkyl halides is 2. The number of fused-ring (bicyclic) bond motifs is 1. The van der Waals surface area contributed by atoms with Crippen LogP contribution in [0.15, 0.2) is 53.5 Å². The van der Waals surface area contributed by atoms with Gasteiger partial charge in [0.05, 0.1) is 0 Å². The number of aliphatic imine (C=N–C) groups is 1. The molecule has 0 bridgehead atoms. The zero-order chi connectivity index (χ0) is 20.5. The molecular weight excluding hydrogens is 501 g/mol. The number of ether oxygens (including phenoxy) is 1. The molecule has 1 aliphatic heterocycles. The lowest BCUT2D eigenvalue weighted by Gasteiger charge is -2.28. The smallest absolute Gasteiger partial charge is 0.387 e. The van der Waals surface area contributed by atoms with Crippen molar-refractivity contribution in [1.29, 1.82) is 0 Å². The van der Waals surface area contributed by atoms with Crippen LogP contribution in [0, 0.1) is 0 Å². The van der Waals surface area contributed by atoms with Gasteiger partial charge in [-0.1, -0.05) is 42.5 Å². The Morgan fingerprint density at radius 2 is 1.83 bits per heavy atom. The molecule has 1 aliphatic rings. The fourth-order valence-corrected chi connectivity index (χ4v) is 3.51. The maximum Gasteiger partial charge on any atom is 0.387 e. The van der Waals surface area contributed by atoms with E-state index in [0.717, 1.165) is 39.0 Å². The highest BCUT2D eigenvalue weighted by Gasteiger charge is 2.15. The standard InChI is InChI=1S/C22H28F2N4O.HI/c1-25-22(27-15-18-8-4-5-10-20(18)29-21(23)24)26-12-6-13-28-14-11-17-7-2-3-9-19(17)16-28;/h2-5,7-10,21H,6,11-16H2,1H3,(H2,25,26,27);1H. The van der Waals surface area contributed by atoms with Crippen LogP contribution in [0.3, 0.4) is 0 Å². The highest BCUT2D eigenvalue weighted by molar-refractivity contribution is 14.0. The Labute approximate surface area is 193 Å². The quantitative estimate of drug-likeness (QED) is 0.235. The fourth-order valence-electron chi connectivity index (χ4n) is 3.51. The van der Waals surface area contributed by atoms with Gasteiger partial charge in [0.15, 0.2) is 5.96 Å². The lowest BCUT2D eigenvalue weighted by molar-refractivity contribution is -0.0504. The monoisotopic (exact) mass is 530 g/mol. The Morgan fingerprint density at radius 3 is 2.60 bits per heavy atom. The third-order valence-corrected chi connectivity index (χ3v) is 5.01. The Morgan fingerprint density at radius 1 is 1.10 bits per heavy atom. The van der Waals surface area contributed by atoms with Crippen molar-refractivity contribution in [1.82, 2.24) is 15.5 Å². The van der Waals surface area contributed by atoms with Crippen molar-refractivity contribution in [3.05, 3.63) is 65.2 Å². The average Bonchev–Trinajstić information content (AvgIpc) is 2.73. The van der Waals surface area contributed by atoms with Crippen molar-refractivity contribution in [3.63, 3.8) is 0 Å². The van der Waals surface area contributed by atoms with Crippen molar-refractivity contribution in [3.8, 4) is 5.75 Å². The first-order valence-electron chi connectivity index (χ1n) is 9.92. The molecule has 2 aromatic rings. The molecule has 164 valence electrons. The van der Waals surface area contributed by atoms with Crippen LogP contribution in [0.2, 0.25) is 0 Å². The number of nitrogens with one attached hydrogen (secondary N) is 2. The van der Waals surface area contributed by atoms with Crippen LogP contribution in [0.1, 0.15) is 23.1 Å². The van der Waals surface area contributed by atoms with E-state index in [9.17, 15) is 8.78 Å². The van der Waals surface area contributed by atoms with Gasteiger partial charge < -0.3 is 15.4 Å². The molecule has 0 amide bonds. The van der Waals surface area contributed by atoms with E-state index in [0.29, 0.717) is 18.1 Å². The molecule has 0 spiro atoms. The van der Waals surface area contributed by atoms with Crippen LogP contribution < -0.4 is 15.4 Å². The van der Waals surface area contributed by atoms with E-state index in [1.807, 2.05) is 0 Å². The summed E-state index contributed by atoms with van der Waals surface area (Å²) in [7, 11) is 1.69. The zero-order valence-electron chi connectivity index (χ0n) is 17.1. The molecule has 2 N–H and O–H groups in total. The Balaban J connectivity index is 0.00000320. The molecule has 5 nitrogen and oxygen atoms in total. The minimum Gasteiger partial charge on any atom is -0.434 e. The van der Waals surface area contributed by atoms with Crippen LogP contribution in [-0.4, -0.2) is 44.2 Å². The second-order valence-electron chi connectivity index (χ2n) is 6.99. The molecule has 3 rings (SSSR count). The summed E-state index contributed by atoms with van der Waals surface area (Å²) >= 11 is 0. The zero-order valence-corrected chi connectivity index (χ0v) is 19.4. The van der Waals surface area contributed by atoms with Crippen molar-refractivity contribution < 1.29 is 13.5 Å². The predicted octanol–water partition coefficient (Wildman–Crippen LogP) is 4.02. The molecule has 0 unspecified atom stereocenters. The highest BCUT2D eigenvalue weighted by Crippen LogP contribution is 2.20. The number of guanidine groups is 1. The highest BCUT2D eigenvalue weighted by atomic mass is 127. The van der Waals surface area contributed by atoms with Gasteiger partial charge >= 0.3 is 6.61 Å². The molecule has 30 heavy (non-hydrogen) atoms. The summed E-state index contributed by atoms with van der Waals surface area (Å²) in [4.78, 5) is 6.67. The molecule has 0 fully saturated rings. The van der Waals surface area contributed by atoms with Crippen molar-refractivity contribution in [2.24, 2.45) is 4.99 Å². The fraction of sp³-hybridized carbons (Fsp3) is 0.409. The molecule has 0 aliphatic carbocycles. The second-order valence-corrected chi connectivity index (χ2v) is 6.99. The van der Waals surface area contributed by atoms with Gasteiger partial charge in [-0.05, 0) is 30.0 Å². The van der Waals surface area contributed by atoms with E-state index >= 15 is 0 Å². The minimum absolute atomic E-state index is 0. The third-order valence-electron chi connectivity index (χ3n) is 5.01. The Kier molecular flexibility index (Phi) is 10.3. The molecule has 0 aromatic heterocycles. The number of rotatable bonds is 8. The Bertz CT molecular complexity index is 819.